The Morgan fingerprint density at radius 1 is 1.20 bits per heavy atom. The first-order valence-electron chi connectivity index (χ1n) is 6.75. The quantitative estimate of drug-likeness (QED) is 0.765. The largest absolute Gasteiger partial charge is 0.312 e. The van der Waals surface area contributed by atoms with Crippen LogP contribution in [0.1, 0.15) is 46.0 Å². The normalized spacial score (nSPS) is 34.8. The van der Waals surface area contributed by atoms with Crippen molar-refractivity contribution in [1.29, 1.82) is 0 Å². The Bertz CT molecular complexity index is 187. The zero-order valence-corrected chi connectivity index (χ0v) is 10.3. The number of nitrogens with zero attached hydrogens (tertiary/aromatic N) is 1. The molecule has 1 aliphatic carbocycles. The van der Waals surface area contributed by atoms with Crippen molar-refractivity contribution in [3.63, 3.8) is 0 Å². The van der Waals surface area contributed by atoms with Crippen molar-refractivity contribution in [3.8, 4) is 0 Å². The van der Waals surface area contributed by atoms with Crippen LogP contribution >= 0.6 is 0 Å². The zero-order valence-electron chi connectivity index (χ0n) is 10.3. The van der Waals surface area contributed by atoms with Gasteiger partial charge in [-0.3, -0.25) is 4.90 Å². The minimum Gasteiger partial charge on any atom is -0.312 e. The Labute approximate surface area is 94.4 Å². The van der Waals surface area contributed by atoms with Gasteiger partial charge in [0, 0.05) is 18.6 Å². The van der Waals surface area contributed by atoms with Crippen molar-refractivity contribution in [1.82, 2.24) is 10.2 Å². The number of rotatable bonds is 4. The van der Waals surface area contributed by atoms with Gasteiger partial charge >= 0.3 is 0 Å². The van der Waals surface area contributed by atoms with Crippen LogP contribution < -0.4 is 5.32 Å². The molecule has 3 atom stereocenters. The lowest BCUT2D eigenvalue weighted by molar-refractivity contribution is 0.240. The summed E-state index contributed by atoms with van der Waals surface area (Å²) in [6, 6.07) is 1.54. The van der Waals surface area contributed by atoms with Gasteiger partial charge < -0.3 is 5.32 Å². The van der Waals surface area contributed by atoms with E-state index in [0.29, 0.717) is 0 Å². The summed E-state index contributed by atoms with van der Waals surface area (Å²) in [4.78, 5) is 2.63. The molecule has 1 saturated heterocycles. The molecule has 0 aromatic heterocycles. The predicted octanol–water partition coefficient (Wildman–Crippen LogP) is 2.25. The van der Waals surface area contributed by atoms with E-state index < -0.39 is 0 Å². The second-order valence-corrected chi connectivity index (χ2v) is 5.52. The molecule has 0 amide bonds. The third-order valence-corrected chi connectivity index (χ3v) is 4.30. The van der Waals surface area contributed by atoms with Gasteiger partial charge in [0.05, 0.1) is 0 Å². The summed E-state index contributed by atoms with van der Waals surface area (Å²) in [6.45, 7) is 8.60. The highest BCUT2D eigenvalue weighted by Gasteiger charge is 2.24. The first-order valence-corrected chi connectivity index (χ1v) is 6.75. The van der Waals surface area contributed by atoms with E-state index in [1.165, 1.54) is 51.7 Å². The van der Waals surface area contributed by atoms with Gasteiger partial charge in [-0.05, 0) is 51.6 Å². The molecule has 1 N–H and O–H groups in total. The maximum atomic E-state index is 3.77. The lowest BCUT2D eigenvalue weighted by Gasteiger charge is -2.26. The van der Waals surface area contributed by atoms with Crippen LogP contribution in [0.15, 0.2) is 0 Å². The molecule has 3 unspecified atom stereocenters. The lowest BCUT2D eigenvalue weighted by atomic mass is 10.1. The molecule has 1 aliphatic heterocycles. The van der Waals surface area contributed by atoms with Crippen LogP contribution in [0, 0.1) is 5.92 Å². The van der Waals surface area contributed by atoms with Crippen LogP contribution in [0.5, 0.6) is 0 Å². The third kappa shape index (κ3) is 2.94. The maximum absolute atomic E-state index is 3.77. The SMILES string of the molecule is CC1CCCC1NCC(C)N1CCCC1. The predicted molar refractivity (Wildman–Crippen MR) is 65.1 cm³/mol. The molecule has 1 saturated carbocycles. The standard InChI is InChI=1S/C13H26N2/c1-11-6-5-7-13(11)14-10-12(2)15-8-3-4-9-15/h11-14H,3-10H2,1-2H3. The summed E-state index contributed by atoms with van der Waals surface area (Å²) in [6.07, 6.45) is 7.06. The molecular formula is C13H26N2. The lowest BCUT2D eigenvalue weighted by Crippen LogP contribution is -2.43. The van der Waals surface area contributed by atoms with E-state index in [-0.39, 0.29) is 0 Å². The van der Waals surface area contributed by atoms with E-state index in [1.807, 2.05) is 0 Å². The Kier molecular flexibility index (Phi) is 4.04. The van der Waals surface area contributed by atoms with Crippen molar-refractivity contribution in [2.75, 3.05) is 19.6 Å². The van der Waals surface area contributed by atoms with Crippen LogP contribution in [0.3, 0.4) is 0 Å². The number of nitrogens with one attached hydrogen (secondary N) is 1. The van der Waals surface area contributed by atoms with Crippen molar-refractivity contribution in [3.05, 3.63) is 0 Å². The van der Waals surface area contributed by atoms with Crippen molar-refractivity contribution in [2.24, 2.45) is 5.92 Å². The van der Waals surface area contributed by atoms with Gasteiger partial charge in [-0.25, -0.2) is 0 Å². The molecule has 2 heteroatoms. The molecule has 2 nitrogen and oxygen atoms in total. The van der Waals surface area contributed by atoms with E-state index in [2.05, 4.69) is 24.1 Å². The van der Waals surface area contributed by atoms with Crippen LogP contribution in [-0.4, -0.2) is 36.6 Å². The number of likely N-dealkylation sites (tertiary alicyclic amines) is 1. The molecule has 88 valence electrons. The van der Waals surface area contributed by atoms with Crippen molar-refractivity contribution < 1.29 is 0 Å². The van der Waals surface area contributed by atoms with E-state index in [0.717, 1.165) is 18.0 Å². The van der Waals surface area contributed by atoms with Gasteiger partial charge in [-0.15, -0.1) is 0 Å². The molecule has 0 aromatic carbocycles. The van der Waals surface area contributed by atoms with Crippen molar-refractivity contribution in [2.45, 2.75) is 58.0 Å². The molecule has 0 bridgehead atoms. The second-order valence-electron chi connectivity index (χ2n) is 5.52. The summed E-state index contributed by atoms with van der Waals surface area (Å²) < 4.78 is 0. The maximum Gasteiger partial charge on any atom is 0.0192 e. The monoisotopic (exact) mass is 210 g/mol. The van der Waals surface area contributed by atoms with Gasteiger partial charge in [0.1, 0.15) is 0 Å². The summed E-state index contributed by atoms with van der Waals surface area (Å²) >= 11 is 0. The fourth-order valence-corrected chi connectivity index (χ4v) is 3.08. The molecule has 0 spiro atoms. The van der Waals surface area contributed by atoms with E-state index in [9.17, 15) is 0 Å². The highest BCUT2D eigenvalue weighted by molar-refractivity contribution is 4.82. The van der Waals surface area contributed by atoms with Crippen LogP contribution in [0.25, 0.3) is 0 Å². The summed E-state index contributed by atoms with van der Waals surface area (Å²) in [5, 5.41) is 3.77. The van der Waals surface area contributed by atoms with Gasteiger partial charge in [0.2, 0.25) is 0 Å². The van der Waals surface area contributed by atoms with E-state index >= 15 is 0 Å². The van der Waals surface area contributed by atoms with Crippen LogP contribution in [0.2, 0.25) is 0 Å². The Hall–Kier alpha value is -0.0800. The highest BCUT2D eigenvalue weighted by atomic mass is 15.2. The number of hydrogen-bond acceptors (Lipinski definition) is 2. The molecule has 15 heavy (non-hydrogen) atoms. The number of hydrogen-bond donors (Lipinski definition) is 1. The topological polar surface area (TPSA) is 15.3 Å². The molecule has 1 heterocycles. The first-order chi connectivity index (χ1) is 7.27. The van der Waals surface area contributed by atoms with E-state index in [1.54, 1.807) is 0 Å². The van der Waals surface area contributed by atoms with Gasteiger partial charge in [-0.1, -0.05) is 13.3 Å². The third-order valence-electron chi connectivity index (χ3n) is 4.30. The minimum absolute atomic E-state index is 0.736. The van der Waals surface area contributed by atoms with Gasteiger partial charge in [-0.2, -0.15) is 0 Å². The molecule has 0 aromatic rings. The van der Waals surface area contributed by atoms with E-state index in [4.69, 9.17) is 0 Å². The Balaban J connectivity index is 1.67. The molecular weight excluding hydrogens is 184 g/mol. The average molecular weight is 210 g/mol. The fraction of sp³-hybridized carbons (Fsp3) is 1.00. The minimum atomic E-state index is 0.736. The summed E-state index contributed by atoms with van der Waals surface area (Å²) in [5.74, 6) is 0.899. The smallest absolute Gasteiger partial charge is 0.0192 e. The van der Waals surface area contributed by atoms with Crippen molar-refractivity contribution >= 4 is 0 Å². The first kappa shape index (κ1) is 11.4. The van der Waals surface area contributed by atoms with Gasteiger partial charge in [0.25, 0.3) is 0 Å². The van der Waals surface area contributed by atoms with Crippen LogP contribution in [0.4, 0.5) is 0 Å². The molecule has 2 aliphatic rings. The highest BCUT2D eigenvalue weighted by Crippen LogP contribution is 2.24. The summed E-state index contributed by atoms with van der Waals surface area (Å²) in [5.41, 5.74) is 0. The zero-order chi connectivity index (χ0) is 10.7. The van der Waals surface area contributed by atoms with Crippen LogP contribution in [-0.2, 0) is 0 Å². The molecule has 0 radical (unpaired) electrons. The fourth-order valence-electron chi connectivity index (χ4n) is 3.08. The Morgan fingerprint density at radius 2 is 1.93 bits per heavy atom. The van der Waals surface area contributed by atoms with Gasteiger partial charge in [0.15, 0.2) is 0 Å². The molecule has 2 fully saturated rings. The molecule has 2 rings (SSSR count). The Morgan fingerprint density at radius 3 is 2.53 bits per heavy atom. The summed E-state index contributed by atoms with van der Waals surface area (Å²) in [7, 11) is 0. The second kappa shape index (κ2) is 5.31. The average Bonchev–Trinajstić information content (AvgIpc) is 2.85.